The van der Waals surface area contributed by atoms with Gasteiger partial charge in [0.1, 0.15) is 5.82 Å². The van der Waals surface area contributed by atoms with Gasteiger partial charge in [0.2, 0.25) is 5.91 Å². The van der Waals surface area contributed by atoms with Gasteiger partial charge in [0.15, 0.2) is 5.82 Å². The molecule has 2 aromatic heterocycles. The predicted octanol–water partition coefficient (Wildman–Crippen LogP) is 3.81. The molecule has 144 valence electrons. The number of hydrogen-bond donors (Lipinski definition) is 2. The Hall–Kier alpha value is -3.15. The third-order valence-corrected chi connectivity index (χ3v) is 5.12. The van der Waals surface area contributed by atoms with Crippen molar-refractivity contribution in [3.8, 4) is 0 Å². The maximum Gasteiger partial charge on any atom is 0.227 e. The lowest BCUT2D eigenvalue weighted by Crippen LogP contribution is -2.40. The smallest absolute Gasteiger partial charge is 0.227 e. The van der Waals surface area contributed by atoms with Crippen LogP contribution in [-0.2, 0) is 11.2 Å². The third-order valence-electron chi connectivity index (χ3n) is 5.12. The average Bonchev–Trinajstić information content (AvgIpc) is 3.13. The van der Waals surface area contributed by atoms with Gasteiger partial charge < -0.3 is 10.2 Å². The Balaban J connectivity index is 1.42. The second-order valence-electron chi connectivity index (χ2n) is 7.35. The van der Waals surface area contributed by atoms with E-state index in [1.807, 2.05) is 60.4 Å². The average molecular weight is 375 g/mol. The molecule has 1 fully saturated rings. The number of amides is 1. The summed E-state index contributed by atoms with van der Waals surface area (Å²) in [6.07, 6.45) is 2.51. The van der Waals surface area contributed by atoms with Crippen molar-refractivity contribution in [3.05, 3.63) is 71.5 Å². The summed E-state index contributed by atoms with van der Waals surface area (Å²) in [5, 5.41) is 10.4. The van der Waals surface area contributed by atoms with Crippen LogP contribution in [0.2, 0.25) is 0 Å². The number of likely N-dealkylation sites (tertiary alicyclic amines) is 1. The van der Waals surface area contributed by atoms with Crippen LogP contribution in [0, 0.1) is 6.92 Å². The van der Waals surface area contributed by atoms with Crippen LogP contribution in [0.25, 0.3) is 0 Å². The van der Waals surface area contributed by atoms with Crippen LogP contribution < -0.4 is 5.32 Å². The lowest BCUT2D eigenvalue weighted by atomic mass is 9.94. The van der Waals surface area contributed by atoms with Crippen molar-refractivity contribution in [2.75, 3.05) is 18.4 Å². The van der Waals surface area contributed by atoms with E-state index in [0.717, 1.165) is 54.5 Å². The van der Waals surface area contributed by atoms with Gasteiger partial charge in [-0.1, -0.05) is 36.4 Å². The summed E-state index contributed by atoms with van der Waals surface area (Å²) >= 11 is 0. The van der Waals surface area contributed by atoms with E-state index in [9.17, 15) is 4.79 Å². The van der Waals surface area contributed by atoms with Crippen LogP contribution in [0.3, 0.4) is 0 Å². The molecule has 0 saturated carbocycles. The molecule has 0 bridgehead atoms. The summed E-state index contributed by atoms with van der Waals surface area (Å²) in [5.41, 5.74) is 3.08. The third kappa shape index (κ3) is 4.39. The number of H-pyrrole nitrogens is 1. The van der Waals surface area contributed by atoms with Gasteiger partial charge in [-0.3, -0.25) is 9.89 Å². The highest BCUT2D eigenvalue weighted by atomic mass is 16.2. The van der Waals surface area contributed by atoms with Gasteiger partial charge in [0, 0.05) is 36.5 Å². The predicted molar refractivity (Wildman–Crippen MR) is 110 cm³/mol. The van der Waals surface area contributed by atoms with Gasteiger partial charge in [-0.2, -0.15) is 5.10 Å². The molecule has 6 heteroatoms. The molecule has 2 N–H and O–H groups in total. The van der Waals surface area contributed by atoms with Crippen LogP contribution in [0.4, 0.5) is 11.6 Å². The number of rotatable bonds is 5. The van der Waals surface area contributed by atoms with E-state index in [4.69, 9.17) is 4.98 Å². The molecule has 1 aliphatic rings. The van der Waals surface area contributed by atoms with E-state index in [1.54, 1.807) is 0 Å². The fraction of sp³-hybridized carbons (Fsp3) is 0.318. The molecule has 1 unspecified atom stereocenters. The number of benzene rings is 1. The molecule has 3 aromatic rings. The second kappa shape index (κ2) is 8.25. The highest BCUT2D eigenvalue weighted by Gasteiger charge is 2.25. The van der Waals surface area contributed by atoms with E-state index in [1.165, 1.54) is 0 Å². The number of aryl methyl sites for hydroxylation is 1. The fourth-order valence-electron chi connectivity index (χ4n) is 3.69. The van der Waals surface area contributed by atoms with E-state index in [0.29, 0.717) is 6.42 Å². The van der Waals surface area contributed by atoms with Crippen LogP contribution in [0.15, 0.2) is 54.6 Å². The Kier molecular flexibility index (Phi) is 5.37. The first-order chi connectivity index (χ1) is 13.7. The zero-order valence-electron chi connectivity index (χ0n) is 16.1. The molecule has 1 saturated heterocycles. The van der Waals surface area contributed by atoms with Crippen molar-refractivity contribution >= 4 is 17.5 Å². The number of pyridine rings is 1. The van der Waals surface area contributed by atoms with Gasteiger partial charge in [-0.15, -0.1) is 0 Å². The highest BCUT2D eigenvalue weighted by Crippen LogP contribution is 2.27. The normalized spacial score (nSPS) is 16.8. The van der Waals surface area contributed by atoms with Crippen LogP contribution in [-0.4, -0.2) is 39.1 Å². The quantitative estimate of drug-likeness (QED) is 0.711. The minimum atomic E-state index is 0.192. The lowest BCUT2D eigenvalue weighted by molar-refractivity contribution is -0.131. The van der Waals surface area contributed by atoms with Gasteiger partial charge in [-0.25, -0.2) is 4.98 Å². The number of nitrogens with one attached hydrogen (secondary N) is 2. The maximum absolute atomic E-state index is 12.7. The Morgan fingerprint density at radius 1 is 1.18 bits per heavy atom. The van der Waals surface area contributed by atoms with Crippen molar-refractivity contribution in [1.82, 2.24) is 20.1 Å². The summed E-state index contributed by atoms with van der Waals surface area (Å²) in [5.74, 6) is 1.98. The summed E-state index contributed by atoms with van der Waals surface area (Å²) in [4.78, 5) is 19.5. The van der Waals surface area contributed by atoms with Crippen molar-refractivity contribution in [1.29, 1.82) is 0 Å². The maximum atomic E-state index is 12.7. The topological polar surface area (TPSA) is 73.9 Å². The molecule has 1 atom stereocenters. The number of aromatic nitrogens is 3. The molecule has 0 radical (unpaired) electrons. The molecule has 28 heavy (non-hydrogen) atoms. The molecular weight excluding hydrogens is 350 g/mol. The zero-order chi connectivity index (χ0) is 19.3. The fourth-order valence-corrected chi connectivity index (χ4v) is 3.69. The van der Waals surface area contributed by atoms with Crippen molar-refractivity contribution in [3.63, 3.8) is 0 Å². The number of anilines is 2. The minimum Gasteiger partial charge on any atom is -0.342 e. The van der Waals surface area contributed by atoms with Crippen molar-refractivity contribution in [2.45, 2.75) is 32.1 Å². The van der Waals surface area contributed by atoms with Gasteiger partial charge >= 0.3 is 0 Å². The number of piperidine rings is 1. The molecular formula is C22H25N5O. The van der Waals surface area contributed by atoms with E-state index in [2.05, 4.69) is 21.6 Å². The van der Waals surface area contributed by atoms with Gasteiger partial charge in [-0.05, 0) is 37.5 Å². The largest absolute Gasteiger partial charge is 0.342 e. The number of carbonyl (C=O) groups excluding carboxylic acids is 1. The molecule has 1 aromatic carbocycles. The van der Waals surface area contributed by atoms with Gasteiger partial charge in [0.05, 0.1) is 6.42 Å². The first-order valence-electron chi connectivity index (χ1n) is 9.75. The molecule has 1 amide bonds. The highest BCUT2D eigenvalue weighted by molar-refractivity contribution is 5.79. The first kappa shape index (κ1) is 18.2. The van der Waals surface area contributed by atoms with Crippen LogP contribution in [0.5, 0.6) is 0 Å². The van der Waals surface area contributed by atoms with Crippen LogP contribution >= 0.6 is 0 Å². The molecule has 0 spiro atoms. The summed E-state index contributed by atoms with van der Waals surface area (Å²) < 4.78 is 0. The molecule has 1 aliphatic heterocycles. The molecule has 3 heterocycles. The van der Waals surface area contributed by atoms with Gasteiger partial charge in [0.25, 0.3) is 0 Å². The van der Waals surface area contributed by atoms with E-state index in [-0.39, 0.29) is 11.8 Å². The Morgan fingerprint density at radius 3 is 2.82 bits per heavy atom. The van der Waals surface area contributed by atoms with Crippen molar-refractivity contribution in [2.24, 2.45) is 0 Å². The van der Waals surface area contributed by atoms with Crippen LogP contribution in [0.1, 0.15) is 35.7 Å². The number of carbonyl (C=O) groups is 1. The Labute approximate surface area is 165 Å². The second-order valence-corrected chi connectivity index (χ2v) is 7.35. The first-order valence-corrected chi connectivity index (χ1v) is 9.75. The molecule has 6 nitrogen and oxygen atoms in total. The number of nitrogens with zero attached hydrogens (tertiary/aromatic N) is 3. The number of hydrogen-bond acceptors (Lipinski definition) is 4. The van der Waals surface area contributed by atoms with Crippen molar-refractivity contribution < 1.29 is 4.79 Å². The van der Waals surface area contributed by atoms with E-state index >= 15 is 0 Å². The Bertz CT molecular complexity index is 937. The standard InChI is InChI=1S/C22H25N5O/c1-16-13-21(26-25-16)24-20-11-5-10-19(23-20)18-9-6-12-27(15-18)22(28)14-17-7-3-2-4-8-17/h2-5,7-8,10-11,13,18H,6,9,12,14-15H2,1H3,(H2,23,24,25,26). The summed E-state index contributed by atoms with van der Waals surface area (Å²) in [6.45, 7) is 3.52. The number of aromatic amines is 1. The molecule has 4 rings (SSSR count). The monoisotopic (exact) mass is 375 g/mol. The van der Waals surface area contributed by atoms with E-state index < -0.39 is 0 Å². The Morgan fingerprint density at radius 2 is 2.04 bits per heavy atom. The SMILES string of the molecule is Cc1cc(Nc2cccc(C3CCCN(C(=O)Cc4ccccc4)C3)n2)n[nH]1. The zero-order valence-corrected chi connectivity index (χ0v) is 16.1. The molecule has 0 aliphatic carbocycles. The lowest BCUT2D eigenvalue weighted by Gasteiger charge is -2.32. The minimum absolute atomic E-state index is 0.192. The summed E-state index contributed by atoms with van der Waals surface area (Å²) in [7, 11) is 0. The summed E-state index contributed by atoms with van der Waals surface area (Å²) in [6, 6.07) is 17.9.